The molecule has 0 saturated carbocycles. The molecule has 1 aliphatic rings. The first kappa shape index (κ1) is 15.3. The highest BCUT2D eigenvalue weighted by Gasteiger charge is 2.20. The summed E-state index contributed by atoms with van der Waals surface area (Å²) in [5.41, 5.74) is 0.391. The number of nitrogens with zero attached hydrogens (tertiary/aromatic N) is 1. The fourth-order valence-corrected chi connectivity index (χ4v) is 2.41. The van der Waals surface area contributed by atoms with Crippen molar-refractivity contribution in [3.63, 3.8) is 0 Å². The van der Waals surface area contributed by atoms with Gasteiger partial charge in [-0.2, -0.15) is 0 Å². The monoisotopic (exact) mass is 292 g/mol. The van der Waals surface area contributed by atoms with Gasteiger partial charge < -0.3 is 20.1 Å². The lowest BCUT2D eigenvalue weighted by atomic mass is 10.0. The second-order valence-electron chi connectivity index (χ2n) is 5.24. The molecule has 6 nitrogen and oxygen atoms in total. The summed E-state index contributed by atoms with van der Waals surface area (Å²) in [4.78, 5) is 24.8. The number of benzene rings is 1. The third-order valence-electron chi connectivity index (χ3n) is 3.53. The number of urea groups is 1. The van der Waals surface area contributed by atoms with E-state index in [1.807, 2.05) is 0 Å². The molecular weight excluding hydrogens is 272 g/mol. The Morgan fingerprint density at radius 1 is 1.43 bits per heavy atom. The maximum atomic E-state index is 12.1. The average molecular weight is 292 g/mol. The first-order valence-corrected chi connectivity index (χ1v) is 7.00. The largest absolute Gasteiger partial charge is 0.478 e. The number of carbonyl (C=O) groups excluding carboxylic acids is 1. The Morgan fingerprint density at radius 3 is 2.86 bits per heavy atom. The molecule has 1 saturated heterocycles. The van der Waals surface area contributed by atoms with Crippen LogP contribution >= 0.6 is 0 Å². The van der Waals surface area contributed by atoms with Gasteiger partial charge in [0.25, 0.3) is 0 Å². The van der Waals surface area contributed by atoms with Crippen LogP contribution in [0.1, 0.15) is 23.2 Å². The molecule has 0 radical (unpaired) electrons. The van der Waals surface area contributed by atoms with Crippen LogP contribution in [0.5, 0.6) is 0 Å². The molecule has 0 bridgehead atoms. The number of ether oxygens (including phenoxy) is 1. The molecule has 2 amide bonds. The van der Waals surface area contributed by atoms with Crippen LogP contribution in [0.2, 0.25) is 0 Å². The highest BCUT2D eigenvalue weighted by atomic mass is 16.5. The lowest BCUT2D eigenvalue weighted by molar-refractivity contribution is 0.0464. The van der Waals surface area contributed by atoms with E-state index in [-0.39, 0.29) is 11.6 Å². The predicted octanol–water partition coefficient (Wildman–Crippen LogP) is 2.28. The smallest absolute Gasteiger partial charge is 0.337 e. The number of rotatable bonds is 4. The summed E-state index contributed by atoms with van der Waals surface area (Å²) in [6.45, 7) is 2.06. The number of para-hydroxylation sites is 1. The highest BCUT2D eigenvalue weighted by Crippen LogP contribution is 2.17. The Kier molecular flexibility index (Phi) is 5.16. The number of carbonyl (C=O) groups is 2. The lowest BCUT2D eigenvalue weighted by Crippen LogP contribution is -2.37. The molecule has 1 unspecified atom stereocenters. The molecule has 0 spiro atoms. The van der Waals surface area contributed by atoms with Crippen LogP contribution in [-0.2, 0) is 4.74 Å². The summed E-state index contributed by atoms with van der Waals surface area (Å²) in [5.74, 6) is -0.724. The number of anilines is 1. The number of carboxylic acids is 1. The van der Waals surface area contributed by atoms with Crippen molar-refractivity contribution in [3.8, 4) is 0 Å². The van der Waals surface area contributed by atoms with Crippen LogP contribution in [0.3, 0.4) is 0 Å². The van der Waals surface area contributed by atoms with E-state index in [9.17, 15) is 9.59 Å². The van der Waals surface area contributed by atoms with Crippen molar-refractivity contribution in [1.82, 2.24) is 4.90 Å². The quantitative estimate of drug-likeness (QED) is 0.892. The van der Waals surface area contributed by atoms with Crippen molar-refractivity contribution in [2.45, 2.75) is 12.8 Å². The van der Waals surface area contributed by atoms with E-state index in [0.29, 0.717) is 24.8 Å². The Labute approximate surface area is 123 Å². The van der Waals surface area contributed by atoms with E-state index in [0.717, 1.165) is 19.4 Å². The van der Waals surface area contributed by atoms with Gasteiger partial charge in [0.1, 0.15) is 0 Å². The predicted molar refractivity (Wildman–Crippen MR) is 78.6 cm³/mol. The standard InChI is InChI=1S/C15H20N2O4/c1-17(9-11-5-4-8-21-10-11)15(20)16-13-7-3-2-6-12(13)14(18)19/h2-3,6-7,11H,4-5,8-10H2,1H3,(H,16,20)(H,18,19). The maximum Gasteiger partial charge on any atom is 0.337 e. The highest BCUT2D eigenvalue weighted by molar-refractivity contribution is 5.99. The van der Waals surface area contributed by atoms with Gasteiger partial charge in [0.15, 0.2) is 0 Å². The number of carboxylic acid groups (broad SMARTS) is 1. The summed E-state index contributed by atoms with van der Waals surface area (Å²) >= 11 is 0. The van der Waals surface area contributed by atoms with Crippen molar-refractivity contribution in [2.75, 3.05) is 32.1 Å². The van der Waals surface area contributed by atoms with E-state index in [1.165, 1.54) is 6.07 Å². The average Bonchev–Trinajstić information content (AvgIpc) is 2.48. The van der Waals surface area contributed by atoms with Gasteiger partial charge in [-0.25, -0.2) is 9.59 Å². The maximum absolute atomic E-state index is 12.1. The summed E-state index contributed by atoms with van der Waals surface area (Å²) < 4.78 is 5.40. The summed E-state index contributed by atoms with van der Waals surface area (Å²) in [5, 5.41) is 11.7. The van der Waals surface area contributed by atoms with E-state index >= 15 is 0 Å². The molecule has 6 heteroatoms. The van der Waals surface area contributed by atoms with Crippen LogP contribution < -0.4 is 5.32 Å². The van der Waals surface area contributed by atoms with Gasteiger partial charge in [0.2, 0.25) is 0 Å². The van der Waals surface area contributed by atoms with Crippen molar-refractivity contribution < 1.29 is 19.4 Å². The van der Waals surface area contributed by atoms with E-state index in [1.54, 1.807) is 30.1 Å². The minimum absolute atomic E-state index is 0.0836. The first-order chi connectivity index (χ1) is 10.1. The van der Waals surface area contributed by atoms with Gasteiger partial charge in [0.05, 0.1) is 17.9 Å². The van der Waals surface area contributed by atoms with Gasteiger partial charge in [-0.15, -0.1) is 0 Å². The summed E-state index contributed by atoms with van der Waals surface area (Å²) in [7, 11) is 1.70. The molecule has 114 valence electrons. The Hall–Kier alpha value is -2.08. The molecule has 21 heavy (non-hydrogen) atoms. The number of hydrogen-bond donors (Lipinski definition) is 2. The second-order valence-corrected chi connectivity index (χ2v) is 5.24. The van der Waals surface area contributed by atoms with Gasteiger partial charge in [-0.1, -0.05) is 12.1 Å². The zero-order chi connectivity index (χ0) is 15.2. The van der Waals surface area contributed by atoms with Crippen LogP contribution in [0.4, 0.5) is 10.5 Å². The summed E-state index contributed by atoms with van der Waals surface area (Å²) in [6.07, 6.45) is 2.06. The fourth-order valence-electron chi connectivity index (χ4n) is 2.41. The molecule has 0 aliphatic carbocycles. The molecule has 1 heterocycles. The van der Waals surface area contributed by atoms with Crippen LogP contribution in [-0.4, -0.2) is 48.8 Å². The number of hydrogen-bond acceptors (Lipinski definition) is 3. The first-order valence-electron chi connectivity index (χ1n) is 7.00. The minimum atomic E-state index is -1.06. The van der Waals surface area contributed by atoms with Gasteiger partial charge in [-0.05, 0) is 25.0 Å². The SMILES string of the molecule is CN(CC1CCCOC1)C(=O)Nc1ccccc1C(=O)O. The topological polar surface area (TPSA) is 78.9 Å². The van der Waals surface area contributed by atoms with Crippen LogP contribution in [0.15, 0.2) is 24.3 Å². The molecule has 2 rings (SSSR count). The van der Waals surface area contributed by atoms with Crippen molar-refractivity contribution in [1.29, 1.82) is 0 Å². The number of amides is 2. The van der Waals surface area contributed by atoms with E-state index < -0.39 is 5.97 Å². The van der Waals surface area contributed by atoms with E-state index in [4.69, 9.17) is 9.84 Å². The minimum Gasteiger partial charge on any atom is -0.478 e. The Bertz CT molecular complexity index is 512. The van der Waals surface area contributed by atoms with Crippen molar-refractivity contribution in [2.24, 2.45) is 5.92 Å². The zero-order valence-corrected chi connectivity index (χ0v) is 12.0. The van der Waals surface area contributed by atoms with Crippen LogP contribution in [0.25, 0.3) is 0 Å². The van der Waals surface area contributed by atoms with Gasteiger partial charge >= 0.3 is 12.0 Å². The third kappa shape index (κ3) is 4.19. The Balaban J connectivity index is 1.95. The number of nitrogens with one attached hydrogen (secondary N) is 1. The molecule has 1 aromatic carbocycles. The van der Waals surface area contributed by atoms with Gasteiger partial charge in [-0.3, -0.25) is 0 Å². The molecule has 1 aliphatic heterocycles. The van der Waals surface area contributed by atoms with Crippen molar-refractivity contribution >= 4 is 17.7 Å². The normalized spacial score (nSPS) is 18.0. The van der Waals surface area contributed by atoms with Crippen LogP contribution in [0, 0.1) is 5.92 Å². The number of aromatic carboxylic acids is 1. The van der Waals surface area contributed by atoms with Gasteiger partial charge in [0, 0.05) is 26.1 Å². The van der Waals surface area contributed by atoms with E-state index in [2.05, 4.69) is 5.32 Å². The molecule has 2 N–H and O–H groups in total. The molecule has 0 aromatic heterocycles. The molecule has 1 fully saturated rings. The lowest BCUT2D eigenvalue weighted by Gasteiger charge is -2.27. The fraction of sp³-hybridized carbons (Fsp3) is 0.467. The molecule has 1 atom stereocenters. The third-order valence-corrected chi connectivity index (χ3v) is 3.53. The van der Waals surface area contributed by atoms with Crippen molar-refractivity contribution in [3.05, 3.63) is 29.8 Å². The molecule has 1 aromatic rings. The Morgan fingerprint density at radius 2 is 2.19 bits per heavy atom. The summed E-state index contributed by atoms with van der Waals surface area (Å²) in [6, 6.07) is 6.06. The zero-order valence-electron chi connectivity index (χ0n) is 12.0. The second kappa shape index (κ2) is 7.08. The molecular formula is C15H20N2O4.